The number of nitrogens with one attached hydrogen (secondary N) is 1. The van der Waals surface area contributed by atoms with Gasteiger partial charge in [-0.05, 0) is 37.9 Å². The van der Waals surface area contributed by atoms with Crippen LogP contribution in [0.15, 0.2) is 30.5 Å². The van der Waals surface area contributed by atoms with Crippen LogP contribution < -0.4 is 11.1 Å². The number of rotatable bonds is 6. The Labute approximate surface area is 130 Å². The van der Waals surface area contributed by atoms with E-state index in [1.165, 1.54) is 19.3 Å². The minimum atomic E-state index is 0.233. The highest BCUT2D eigenvalue weighted by molar-refractivity contribution is 5.60. The highest BCUT2D eigenvalue weighted by atomic mass is 16.3. The fourth-order valence-electron chi connectivity index (χ4n) is 2.63. The fourth-order valence-corrected chi connectivity index (χ4v) is 2.63. The molecule has 1 aromatic heterocycles. The summed E-state index contributed by atoms with van der Waals surface area (Å²) < 4.78 is 0. The molecule has 1 aromatic carbocycles. The molecular weight excluding hydrogens is 276 g/mol. The van der Waals surface area contributed by atoms with Crippen molar-refractivity contribution in [2.45, 2.75) is 31.6 Å². The maximum Gasteiger partial charge on any atom is 0.159 e. The SMILES string of the molecule is NCCCNc1cnc(-c2cccc(O)c2)nc1C1CCC1. The Kier molecular flexibility index (Phi) is 4.53. The van der Waals surface area contributed by atoms with Gasteiger partial charge in [-0.3, -0.25) is 0 Å². The number of nitrogens with two attached hydrogens (primary N) is 1. The topological polar surface area (TPSA) is 84.1 Å². The van der Waals surface area contributed by atoms with Gasteiger partial charge < -0.3 is 16.2 Å². The molecule has 116 valence electrons. The zero-order valence-electron chi connectivity index (χ0n) is 12.6. The van der Waals surface area contributed by atoms with Crippen LogP contribution in [0.4, 0.5) is 5.69 Å². The lowest BCUT2D eigenvalue weighted by Crippen LogP contribution is -2.16. The van der Waals surface area contributed by atoms with Crippen LogP contribution in [0.1, 0.15) is 37.3 Å². The normalized spacial score (nSPS) is 14.6. The van der Waals surface area contributed by atoms with Crippen LogP contribution >= 0.6 is 0 Å². The lowest BCUT2D eigenvalue weighted by Gasteiger charge is -2.27. The number of phenolic OH excluding ortho intramolecular Hbond substituents is 1. The van der Waals surface area contributed by atoms with Gasteiger partial charge in [-0.1, -0.05) is 18.6 Å². The van der Waals surface area contributed by atoms with Crippen LogP contribution in [-0.2, 0) is 0 Å². The molecular formula is C17H22N4O. The average Bonchev–Trinajstić information content (AvgIpc) is 2.47. The Morgan fingerprint density at radius 2 is 2.18 bits per heavy atom. The van der Waals surface area contributed by atoms with Crippen LogP contribution in [0.5, 0.6) is 5.75 Å². The summed E-state index contributed by atoms with van der Waals surface area (Å²) in [6.07, 6.45) is 6.41. The zero-order valence-corrected chi connectivity index (χ0v) is 12.6. The molecule has 0 bridgehead atoms. The van der Waals surface area contributed by atoms with Gasteiger partial charge in [0.1, 0.15) is 5.75 Å². The molecule has 5 heteroatoms. The number of nitrogens with zero attached hydrogens (tertiary/aromatic N) is 2. The molecule has 0 radical (unpaired) electrons. The van der Waals surface area contributed by atoms with E-state index in [1.807, 2.05) is 18.3 Å². The predicted octanol–water partition coefficient (Wildman–Crippen LogP) is 2.88. The van der Waals surface area contributed by atoms with Crippen LogP contribution in [0.3, 0.4) is 0 Å². The van der Waals surface area contributed by atoms with E-state index in [9.17, 15) is 5.11 Å². The summed E-state index contributed by atoms with van der Waals surface area (Å²) in [6.45, 7) is 1.51. The van der Waals surface area contributed by atoms with E-state index in [0.717, 1.165) is 29.9 Å². The minimum Gasteiger partial charge on any atom is -0.508 e. The summed E-state index contributed by atoms with van der Waals surface area (Å²) in [6, 6.07) is 7.08. The van der Waals surface area contributed by atoms with E-state index in [0.29, 0.717) is 18.3 Å². The number of benzene rings is 1. The van der Waals surface area contributed by atoms with Crippen molar-refractivity contribution in [2.24, 2.45) is 5.73 Å². The van der Waals surface area contributed by atoms with Gasteiger partial charge in [0.25, 0.3) is 0 Å². The Bertz CT molecular complexity index is 640. The van der Waals surface area contributed by atoms with Gasteiger partial charge in [0.05, 0.1) is 17.6 Å². The van der Waals surface area contributed by atoms with Gasteiger partial charge >= 0.3 is 0 Å². The Morgan fingerprint density at radius 3 is 2.86 bits per heavy atom. The van der Waals surface area contributed by atoms with Crippen molar-refractivity contribution in [3.05, 3.63) is 36.2 Å². The minimum absolute atomic E-state index is 0.233. The number of hydrogen-bond acceptors (Lipinski definition) is 5. The summed E-state index contributed by atoms with van der Waals surface area (Å²) in [5.74, 6) is 1.41. The van der Waals surface area contributed by atoms with Gasteiger partial charge in [0.2, 0.25) is 0 Å². The third-order valence-corrected chi connectivity index (χ3v) is 4.11. The Hall–Kier alpha value is -2.14. The van der Waals surface area contributed by atoms with Crippen LogP contribution in [-0.4, -0.2) is 28.2 Å². The molecule has 0 aliphatic heterocycles. The van der Waals surface area contributed by atoms with Gasteiger partial charge in [0.15, 0.2) is 5.82 Å². The molecule has 0 unspecified atom stereocenters. The molecule has 0 spiro atoms. The maximum absolute atomic E-state index is 9.63. The summed E-state index contributed by atoms with van der Waals surface area (Å²) in [4.78, 5) is 9.22. The maximum atomic E-state index is 9.63. The lowest BCUT2D eigenvalue weighted by molar-refractivity contribution is 0.412. The molecule has 3 rings (SSSR count). The van der Waals surface area contributed by atoms with Gasteiger partial charge in [-0.15, -0.1) is 0 Å². The first-order valence-electron chi connectivity index (χ1n) is 7.88. The molecule has 4 N–H and O–H groups in total. The molecule has 1 aliphatic carbocycles. The second kappa shape index (κ2) is 6.75. The monoisotopic (exact) mass is 298 g/mol. The van der Waals surface area contributed by atoms with E-state index in [-0.39, 0.29) is 5.75 Å². The molecule has 1 fully saturated rings. The molecule has 1 heterocycles. The van der Waals surface area contributed by atoms with Crippen molar-refractivity contribution in [3.8, 4) is 17.1 Å². The highest BCUT2D eigenvalue weighted by Crippen LogP contribution is 2.39. The number of anilines is 1. The van der Waals surface area contributed by atoms with E-state index in [1.54, 1.807) is 12.1 Å². The number of phenols is 1. The molecule has 1 aliphatic rings. The Balaban J connectivity index is 1.89. The zero-order chi connectivity index (χ0) is 15.4. The van der Waals surface area contributed by atoms with Gasteiger partial charge in [0, 0.05) is 18.0 Å². The third kappa shape index (κ3) is 3.20. The number of hydrogen-bond donors (Lipinski definition) is 3. The average molecular weight is 298 g/mol. The smallest absolute Gasteiger partial charge is 0.159 e. The summed E-state index contributed by atoms with van der Waals surface area (Å²) in [5, 5.41) is 13.0. The van der Waals surface area contributed by atoms with Gasteiger partial charge in [-0.25, -0.2) is 9.97 Å². The van der Waals surface area contributed by atoms with Crippen molar-refractivity contribution in [1.29, 1.82) is 0 Å². The Morgan fingerprint density at radius 1 is 1.32 bits per heavy atom. The van der Waals surface area contributed by atoms with Crippen molar-refractivity contribution in [1.82, 2.24) is 9.97 Å². The first kappa shape index (κ1) is 14.8. The van der Waals surface area contributed by atoms with Crippen LogP contribution in [0.25, 0.3) is 11.4 Å². The second-order valence-electron chi connectivity index (χ2n) is 5.74. The fraction of sp³-hybridized carbons (Fsp3) is 0.412. The number of aromatic nitrogens is 2. The van der Waals surface area contributed by atoms with Crippen LogP contribution in [0, 0.1) is 0 Å². The first-order chi connectivity index (χ1) is 10.8. The summed E-state index contributed by atoms with van der Waals surface area (Å²) in [7, 11) is 0. The van der Waals surface area contributed by atoms with E-state index in [4.69, 9.17) is 10.7 Å². The van der Waals surface area contributed by atoms with Crippen molar-refractivity contribution < 1.29 is 5.11 Å². The molecule has 0 amide bonds. The molecule has 0 saturated heterocycles. The van der Waals surface area contributed by atoms with Gasteiger partial charge in [-0.2, -0.15) is 0 Å². The van der Waals surface area contributed by atoms with E-state index < -0.39 is 0 Å². The molecule has 2 aromatic rings. The summed E-state index contributed by atoms with van der Waals surface area (Å²) in [5.41, 5.74) is 8.50. The van der Waals surface area contributed by atoms with Crippen molar-refractivity contribution in [3.63, 3.8) is 0 Å². The largest absolute Gasteiger partial charge is 0.508 e. The molecule has 22 heavy (non-hydrogen) atoms. The van der Waals surface area contributed by atoms with E-state index in [2.05, 4.69) is 10.3 Å². The third-order valence-electron chi connectivity index (χ3n) is 4.11. The summed E-state index contributed by atoms with van der Waals surface area (Å²) >= 11 is 0. The standard InChI is InChI=1S/C17H22N4O/c18-8-3-9-19-15-11-20-17(13-6-2-7-14(22)10-13)21-16(15)12-4-1-5-12/h2,6-7,10-12,19,22H,1,3-5,8-9,18H2. The lowest BCUT2D eigenvalue weighted by atomic mass is 9.82. The predicted molar refractivity (Wildman–Crippen MR) is 87.9 cm³/mol. The molecule has 1 saturated carbocycles. The highest BCUT2D eigenvalue weighted by Gasteiger charge is 2.24. The van der Waals surface area contributed by atoms with Crippen molar-refractivity contribution in [2.75, 3.05) is 18.4 Å². The van der Waals surface area contributed by atoms with Crippen molar-refractivity contribution >= 4 is 5.69 Å². The number of aromatic hydroxyl groups is 1. The quantitative estimate of drug-likeness (QED) is 0.714. The van der Waals surface area contributed by atoms with Crippen LogP contribution in [0.2, 0.25) is 0 Å². The molecule has 5 nitrogen and oxygen atoms in total. The molecule has 0 atom stereocenters. The second-order valence-corrected chi connectivity index (χ2v) is 5.74. The first-order valence-corrected chi connectivity index (χ1v) is 7.88. The van der Waals surface area contributed by atoms with E-state index >= 15 is 0 Å².